The molecule has 0 radical (unpaired) electrons. The first-order valence-electron chi connectivity index (χ1n) is 6.15. The zero-order valence-corrected chi connectivity index (χ0v) is 10.9. The van der Waals surface area contributed by atoms with Gasteiger partial charge in [0.05, 0.1) is 0 Å². The lowest BCUT2D eigenvalue weighted by molar-refractivity contribution is 0.145. The van der Waals surface area contributed by atoms with E-state index < -0.39 is 5.60 Å². The van der Waals surface area contributed by atoms with Gasteiger partial charge in [-0.2, -0.15) is 0 Å². The Morgan fingerprint density at radius 3 is 1.74 bits per heavy atom. The van der Waals surface area contributed by atoms with Gasteiger partial charge in [-0.25, -0.2) is 0 Å². The molecule has 0 saturated heterocycles. The van der Waals surface area contributed by atoms with Gasteiger partial charge < -0.3 is 5.11 Å². The fourth-order valence-corrected chi connectivity index (χ4v) is 1.87. The number of aliphatic hydroxyl groups is 1. The Morgan fingerprint density at radius 2 is 1.37 bits per heavy atom. The standard InChI is InChI=1S/C18H16O/c1-15(2)13-14-18(19,16-9-5-3-6-10-16)17-11-7-4-8-12-17/h3-12,19H,1H2,2H3. The lowest BCUT2D eigenvalue weighted by Crippen LogP contribution is -2.25. The molecule has 1 nitrogen and oxygen atoms in total. The molecule has 2 aromatic rings. The van der Waals surface area contributed by atoms with Gasteiger partial charge in [0.15, 0.2) is 5.60 Å². The summed E-state index contributed by atoms with van der Waals surface area (Å²) in [6.07, 6.45) is 0. The van der Waals surface area contributed by atoms with Crippen molar-refractivity contribution in [1.29, 1.82) is 0 Å². The Labute approximate surface area is 114 Å². The molecule has 94 valence electrons. The molecule has 1 heteroatoms. The lowest BCUT2D eigenvalue weighted by atomic mass is 9.87. The summed E-state index contributed by atoms with van der Waals surface area (Å²) >= 11 is 0. The van der Waals surface area contributed by atoms with Crippen LogP contribution in [0, 0.1) is 11.8 Å². The third-order valence-electron chi connectivity index (χ3n) is 2.84. The van der Waals surface area contributed by atoms with Crippen LogP contribution in [0.15, 0.2) is 72.8 Å². The van der Waals surface area contributed by atoms with Crippen LogP contribution in [0.4, 0.5) is 0 Å². The van der Waals surface area contributed by atoms with Gasteiger partial charge in [-0.05, 0) is 12.5 Å². The maximum absolute atomic E-state index is 11.0. The van der Waals surface area contributed by atoms with Gasteiger partial charge in [0.2, 0.25) is 0 Å². The van der Waals surface area contributed by atoms with E-state index in [1.54, 1.807) is 0 Å². The molecule has 0 unspecified atom stereocenters. The topological polar surface area (TPSA) is 20.2 Å². The van der Waals surface area contributed by atoms with Crippen LogP contribution in [0.25, 0.3) is 0 Å². The Kier molecular flexibility index (Phi) is 3.85. The second-order valence-corrected chi connectivity index (χ2v) is 4.47. The molecule has 2 aromatic carbocycles. The van der Waals surface area contributed by atoms with Crippen LogP contribution in [0.1, 0.15) is 18.1 Å². The van der Waals surface area contributed by atoms with Crippen LogP contribution in [0.2, 0.25) is 0 Å². The first-order valence-corrected chi connectivity index (χ1v) is 6.15. The van der Waals surface area contributed by atoms with E-state index in [0.29, 0.717) is 0 Å². The third kappa shape index (κ3) is 2.93. The lowest BCUT2D eigenvalue weighted by Gasteiger charge is -2.23. The minimum atomic E-state index is -1.30. The van der Waals surface area contributed by atoms with E-state index in [4.69, 9.17) is 0 Å². The Bertz CT molecular complexity index is 575. The van der Waals surface area contributed by atoms with E-state index in [-0.39, 0.29) is 0 Å². The van der Waals surface area contributed by atoms with E-state index in [0.717, 1.165) is 16.7 Å². The predicted molar refractivity (Wildman–Crippen MR) is 78.5 cm³/mol. The third-order valence-corrected chi connectivity index (χ3v) is 2.84. The zero-order chi connectivity index (χ0) is 13.7. The van der Waals surface area contributed by atoms with Gasteiger partial charge in [-0.3, -0.25) is 0 Å². The average molecular weight is 248 g/mol. The van der Waals surface area contributed by atoms with Crippen molar-refractivity contribution in [1.82, 2.24) is 0 Å². The molecule has 1 N–H and O–H groups in total. The minimum Gasteiger partial charge on any atom is -0.369 e. The molecule has 0 heterocycles. The highest BCUT2D eigenvalue weighted by Crippen LogP contribution is 2.28. The molecule has 0 aliphatic heterocycles. The summed E-state index contributed by atoms with van der Waals surface area (Å²) in [6.45, 7) is 5.58. The molecule has 0 saturated carbocycles. The van der Waals surface area contributed by atoms with Crippen molar-refractivity contribution in [3.8, 4) is 11.8 Å². The summed E-state index contributed by atoms with van der Waals surface area (Å²) in [6, 6.07) is 18.9. The smallest absolute Gasteiger partial charge is 0.177 e. The number of hydrogen-bond donors (Lipinski definition) is 1. The normalized spacial score (nSPS) is 10.4. The zero-order valence-electron chi connectivity index (χ0n) is 10.9. The molecule has 0 aliphatic rings. The maximum atomic E-state index is 11.0. The highest BCUT2D eigenvalue weighted by atomic mass is 16.3. The summed E-state index contributed by atoms with van der Waals surface area (Å²) in [5.74, 6) is 5.82. The van der Waals surface area contributed by atoms with Crippen molar-refractivity contribution in [3.05, 3.63) is 83.9 Å². The summed E-state index contributed by atoms with van der Waals surface area (Å²) in [4.78, 5) is 0. The van der Waals surface area contributed by atoms with E-state index in [1.165, 1.54) is 0 Å². The van der Waals surface area contributed by atoms with Crippen LogP contribution in [-0.2, 0) is 5.60 Å². The fourth-order valence-electron chi connectivity index (χ4n) is 1.87. The Balaban J connectivity index is 2.58. The fraction of sp³-hybridized carbons (Fsp3) is 0.111. The second kappa shape index (κ2) is 5.56. The highest BCUT2D eigenvalue weighted by molar-refractivity contribution is 5.46. The van der Waals surface area contributed by atoms with Gasteiger partial charge in [0.1, 0.15) is 0 Å². The molecule has 0 aliphatic carbocycles. The Hall–Kier alpha value is -2.30. The summed E-state index contributed by atoms with van der Waals surface area (Å²) in [5.41, 5.74) is 0.941. The van der Waals surface area contributed by atoms with Gasteiger partial charge >= 0.3 is 0 Å². The van der Waals surface area contributed by atoms with Crippen LogP contribution < -0.4 is 0 Å². The molecule has 0 aromatic heterocycles. The molecule has 0 fully saturated rings. The molecule has 0 atom stereocenters. The maximum Gasteiger partial charge on any atom is 0.177 e. The number of allylic oxidation sites excluding steroid dienone is 1. The number of hydrogen-bond acceptors (Lipinski definition) is 1. The van der Waals surface area contributed by atoms with Crippen molar-refractivity contribution in [2.75, 3.05) is 0 Å². The average Bonchev–Trinajstić information content (AvgIpc) is 2.46. The van der Waals surface area contributed by atoms with Crippen LogP contribution in [0.5, 0.6) is 0 Å². The van der Waals surface area contributed by atoms with Crippen LogP contribution in [0.3, 0.4) is 0 Å². The van der Waals surface area contributed by atoms with E-state index in [9.17, 15) is 5.11 Å². The number of rotatable bonds is 2. The predicted octanol–water partition coefficient (Wildman–Crippen LogP) is 3.50. The summed E-state index contributed by atoms with van der Waals surface area (Å²) in [5, 5.41) is 11.0. The molecule has 0 bridgehead atoms. The van der Waals surface area contributed by atoms with Crippen molar-refractivity contribution in [2.45, 2.75) is 12.5 Å². The van der Waals surface area contributed by atoms with Gasteiger partial charge in [0.25, 0.3) is 0 Å². The number of benzene rings is 2. The van der Waals surface area contributed by atoms with Crippen LogP contribution in [-0.4, -0.2) is 5.11 Å². The molecular formula is C18H16O. The SMILES string of the molecule is C=C(C)C#CC(O)(c1ccccc1)c1ccccc1. The first kappa shape index (κ1) is 13.1. The van der Waals surface area contributed by atoms with E-state index >= 15 is 0 Å². The van der Waals surface area contributed by atoms with Gasteiger partial charge in [-0.1, -0.05) is 79.1 Å². The molecule has 2 rings (SSSR count). The van der Waals surface area contributed by atoms with Gasteiger partial charge in [0, 0.05) is 11.1 Å². The Morgan fingerprint density at radius 1 is 0.947 bits per heavy atom. The van der Waals surface area contributed by atoms with Gasteiger partial charge in [-0.15, -0.1) is 0 Å². The second-order valence-electron chi connectivity index (χ2n) is 4.47. The molecule has 19 heavy (non-hydrogen) atoms. The summed E-state index contributed by atoms with van der Waals surface area (Å²) < 4.78 is 0. The van der Waals surface area contributed by atoms with Crippen LogP contribution >= 0.6 is 0 Å². The monoisotopic (exact) mass is 248 g/mol. The minimum absolute atomic E-state index is 0.727. The molecular weight excluding hydrogens is 232 g/mol. The molecule has 0 spiro atoms. The quantitative estimate of drug-likeness (QED) is 0.806. The van der Waals surface area contributed by atoms with Crippen molar-refractivity contribution < 1.29 is 5.11 Å². The van der Waals surface area contributed by atoms with Crippen molar-refractivity contribution in [3.63, 3.8) is 0 Å². The highest BCUT2D eigenvalue weighted by Gasteiger charge is 2.28. The van der Waals surface area contributed by atoms with Crippen molar-refractivity contribution in [2.24, 2.45) is 0 Å². The van der Waals surface area contributed by atoms with E-state index in [2.05, 4.69) is 18.4 Å². The first-order chi connectivity index (χ1) is 9.13. The summed E-state index contributed by atoms with van der Waals surface area (Å²) in [7, 11) is 0. The van der Waals surface area contributed by atoms with E-state index in [1.807, 2.05) is 67.6 Å². The largest absolute Gasteiger partial charge is 0.369 e. The van der Waals surface area contributed by atoms with Crippen molar-refractivity contribution >= 4 is 0 Å². The molecule has 0 amide bonds.